The normalized spacial score (nSPS) is 12.4. The van der Waals surface area contributed by atoms with Crippen molar-refractivity contribution < 1.29 is 0 Å². The lowest BCUT2D eigenvalue weighted by atomic mass is 9.93. The van der Waals surface area contributed by atoms with Gasteiger partial charge in [-0.1, -0.05) is 79.9 Å². The average Bonchev–Trinajstić information content (AvgIpc) is 2.38. The molecule has 0 aliphatic rings. The molecular weight excluding hydrogens is 352 g/mol. The van der Waals surface area contributed by atoms with E-state index in [0.717, 1.165) is 11.8 Å². The van der Waals surface area contributed by atoms with Crippen LogP contribution in [-0.4, -0.2) is 5.33 Å². The maximum absolute atomic E-state index is 3.64. The molecule has 0 aliphatic heterocycles. The second kappa shape index (κ2) is 6.53. The van der Waals surface area contributed by atoms with E-state index in [0.29, 0.717) is 5.92 Å². The molecule has 18 heavy (non-hydrogen) atoms. The van der Waals surface area contributed by atoms with Crippen molar-refractivity contribution in [3.63, 3.8) is 0 Å². The second-order valence-electron chi connectivity index (χ2n) is 4.56. The van der Waals surface area contributed by atoms with Crippen molar-refractivity contribution in [1.82, 2.24) is 0 Å². The van der Waals surface area contributed by atoms with Gasteiger partial charge < -0.3 is 0 Å². The lowest BCUT2D eigenvalue weighted by molar-refractivity contribution is 0.772. The van der Waals surface area contributed by atoms with Gasteiger partial charge in [-0.3, -0.25) is 0 Å². The molecule has 0 saturated heterocycles. The molecule has 0 N–H and O–H groups in total. The Hall–Kier alpha value is -0.600. The SMILES string of the molecule is Cc1cccc(C(CBr)Cc2ccccc2Br)c1. The lowest BCUT2D eigenvalue weighted by Crippen LogP contribution is -2.05. The molecule has 2 aromatic rings. The topological polar surface area (TPSA) is 0 Å². The fourth-order valence-corrected chi connectivity index (χ4v) is 3.16. The zero-order valence-corrected chi connectivity index (χ0v) is 13.5. The maximum Gasteiger partial charge on any atom is 0.0207 e. The second-order valence-corrected chi connectivity index (χ2v) is 6.06. The zero-order chi connectivity index (χ0) is 13.0. The van der Waals surface area contributed by atoms with Gasteiger partial charge in [-0.15, -0.1) is 0 Å². The molecule has 0 amide bonds. The fraction of sp³-hybridized carbons (Fsp3) is 0.250. The minimum absolute atomic E-state index is 0.517. The van der Waals surface area contributed by atoms with Gasteiger partial charge in [-0.2, -0.15) is 0 Å². The fourth-order valence-electron chi connectivity index (χ4n) is 2.11. The lowest BCUT2D eigenvalue weighted by Gasteiger charge is -2.16. The zero-order valence-electron chi connectivity index (χ0n) is 10.4. The summed E-state index contributed by atoms with van der Waals surface area (Å²) in [6, 6.07) is 17.2. The molecule has 0 spiro atoms. The van der Waals surface area contributed by atoms with E-state index in [9.17, 15) is 0 Å². The van der Waals surface area contributed by atoms with Crippen LogP contribution in [0.5, 0.6) is 0 Å². The third kappa shape index (κ3) is 3.46. The molecule has 2 rings (SSSR count). The van der Waals surface area contributed by atoms with Gasteiger partial charge in [0.15, 0.2) is 0 Å². The van der Waals surface area contributed by atoms with Crippen molar-refractivity contribution in [2.75, 3.05) is 5.33 Å². The summed E-state index contributed by atoms with van der Waals surface area (Å²) < 4.78 is 1.20. The van der Waals surface area contributed by atoms with Crippen LogP contribution in [-0.2, 0) is 6.42 Å². The summed E-state index contributed by atoms with van der Waals surface area (Å²) in [5.41, 5.74) is 4.09. The highest BCUT2D eigenvalue weighted by Crippen LogP contribution is 2.27. The minimum atomic E-state index is 0.517. The smallest absolute Gasteiger partial charge is 0.0207 e. The monoisotopic (exact) mass is 366 g/mol. The van der Waals surface area contributed by atoms with Crippen LogP contribution in [0.3, 0.4) is 0 Å². The van der Waals surface area contributed by atoms with E-state index in [2.05, 4.69) is 87.3 Å². The van der Waals surface area contributed by atoms with Crippen LogP contribution in [0.1, 0.15) is 22.6 Å². The molecule has 0 saturated carbocycles. The van der Waals surface area contributed by atoms with Crippen molar-refractivity contribution in [2.45, 2.75) is 19.3 Å². The van der Waals surface area contributed by atoms with Crippen molar-refractivity contribution in [2.24, 2.45) is 0 Å². The summed E-state index contributed by atoms with van der Waals surface area (Å²) >= 11 is 7.27. The summed E-state index contributed by atoms with van der Waals surface area (Å²) in [5.74, 6) is 0.517. The highest BCUT2D eigenvalue weighted by atomic mass is 79.9. The Morgan fingerprint density at radius 3 is 2.50 bits per heavy atom. The molecule has 2 aromatic carbocycles. The highest BCUT2D eigenvalue weighted by molar-refractivity contribution is 9.10. The summed E-state index contributed by atoms with van der Waals surface area (Å²) in [6.07, 6.45) is 1.05. The Balaban J connectivity index is 2.23. The van der Waals surface area contributed by atoms with Crippen molar-refractivity contribution in [3.05, 3.63) is 69.7 Å². The third-order valence-corrected chi connectivity index (χ3v) is 4.68. The van der Waals surface area contributed by atoms with Crippen LogP contribution in [0.4, 0.5) is 0 Å². The van der Waals surface area contributed by atoms with Crippen LogP contribution >= 0.6 is 31.9 Å². The molecular formula is C16H16Br2. The number of hydrogen-bond acceptors (Lipinski definition) is 0. The van der Waals surface area contributed by atoms with Gasteiger partial charge in [0.05, 0.1) is 0 Å². The number of aryl methyl sites for hydroxylation is 1. The Morgan fingerprint density at radius 1 is 1.06 bits per heavy atom. The number of rotatable bonds is 4. The van der Waals surface area contributed by atoms with E-state index < -0.39 is 0 Å². The highest BCUT2D eigenvalue weighted by Gasteiger charge is 2.12. The minimum Gasteiger partial charge on any atom is -0.0921 e. The summed E-state index contributed by atoms with van der Waals surface area (Å²) in [5, 5.41) is 0.984. The van der Waals surface area contributed by atoms with E-state index in [4.69, 9.17) is 0 Å². The van der Waals surface area contributed by atoms with Crippen molar-refractivity contribution >= 4 is 31.9 Å². The molecule has 0 nitrogen and oxygen atoms in total. The van der Waals surface area contributed by atoms with Crippen LogP contribution < -0.4 is 0 Å². The molecule has 1 unspecified atom stereocenters. The molecule has 2 heteroatoms. The van der Waals surface area contributed by atoms with E-state index in [1.807, 2.05) is 0 Å². The molecule has 0 fully saturated rings. The predicted molar refractivity (Wildman–Crippen MR) is 85.6 cm³/mol. The van der Waals surface area contributed by atoms with Crippen molar-refractivity contribution in [3.8, 4) is 0 Å². The van der Waals surface area contributed by atoms with Crippen molar-refractivity contribution in [1.29, 1.82) is 0 Å². The Bertz CT molecular complexity index is 520. The number of hydrogen-bond donors (Lipinski definition) is 0. The van der Waals surface area contributed by atoms with E-state index in [1.165, 1.54) is 21.2 Å². The number of halogens is 2. The van der Waals surface area contributed by atoms with Gasteiger partial charge >= 0.3 is 0 Å². The molecule has 1 atom stereocenters. The van der Waals surface area contributed by atoms with Crippen LogP contribution in [0.25, 0.3) is 0 Å². The predicted octanol–water partition coefficient (Wildman–Crippen LogP) is 5.48. The third-order valence-electron chi connectivity index (χ3n) is 3.12. The van der Waals surface area contributed by atoms with Gasteiger partial charge in [-0.05, 0) is 36.5 Å². The van der Waals surface area contributed by atoms with E-state index in [-0.39, 0.29) is 0 Å². The molecule has 0 aliphatic carbocycles. The standard InChI is InChI=1S/C16H16Br2/c1-12-5-4-7-13(9-12)15(11-17)10-14-6-2-3-8-16(14)18/h2-9,15H,10-11H2,1H3. The molecule has 94 valence electrons. The molecule has 0 bridgehead atoms. The Labute approximate surface area is 126 Å². The first-order valence-electron chi connectivity index (χ1n) is 6.06. The number of benzene rings is 2. The van der Waals surface area contributed by atoms with Gasteiger partial charge in [0.2, 0.25) is 0 Å². The number of alkyl halides is 1. The van der Waals surface area contributed by atoms with E-state index >= 15 is 0 Å². The Morgan fingerprint density at radius 2 is 1.83 bits per heavy atom. The van der Waals surface area contributed by atoms with E-state index in [1.54, 1.807) is 0 Å². The van der Waals surface area contributed by atoms with Gasteiger partial charge in [0.1, 0.15) is 0 Å². The average molecular weight is 368 g/mol. The first-order chi connectivity index (χ1) is 8.70. The molecule has 0 radical (unpaired) electrons. The largest absolute Gasteiger partial charge is 0.0921 e. The maximum atomic E-state index is 3.64. The quantitative estimate of drug-likeness (QED) is 0.627. The first-order valence-corrected chi connectivity index (χ1v) is 7.98. The van der Waals surface area contributed by atoms with Gasteiger partial charge in [-0.25, -0.2) is 0 Å². The van der Waals surface area contributed by atoms with Gasteiger partial charge in [0, 0.05) is 9.80 Å². The van der Waals surface area contributed by atoms with Crippen LogP contribution in [0, 0.1) is 6.92 Å². The summed E-state index contributed by atoms with van der Waals surface area (Å²) in [4.78, 5) is 0. The Kier molecular flexibility index (Phi) is 5.02. The summed E-state index contributed by atoms with van der Waals surface area (Å²) in [7, 11) is 0. The molecule has 0 heterocycles. The summed E-state index contributed by atoms with van der Waals surface area (Å²) in [6.45, 7) is 2.15. The first kappa shape index (κ1) is 13.8. The van der Waals surface area contributed by atoms with Gasteiger partial charge in [0.25, 0.3) is 0 Å². The van der Waals surface area contributed by atoms with Crippen LogP contribution in [0.2, 0.25) is 0 Å². The van der Waals surface area contributed by atoms with Crippen LogP contribution in [0.15, 0.2) is 53.0 Å². The molecule has 0 aromatic heterocycles.